The lowest BCUT2D eigenvalue weighted by Crippen LogP contribution is -2.03. The summed E-state index contributed by atoms with van der Waals surface area (Å²) in [6.07, 6.45) is 0. The SMILES string of the molecule is O=C(O)c1ccc(CNc2cc(Br)ccc2F)c(Br)c1. The van der Waals surface area contributed by atoms with Gasteiger partial charge in [-0.05, 0) is 35.9 Å². The lowest BCUT2D eigenvalue weighted by molar-refractivity contribution is 0.0697. The number of carboxylic acids is 1. The summed E-state index contributed by atoms with van der Waals surface area (Å²) in [5.74, 6) is -1.32. The molecule has 0 saturated heterocycles. The van der Waals surface area contributed by atoms with Crippen LogP contribution >= 0.6 is 31.9 Å². The quantitative estimate of drug-likeness (QED) is 0.781. The van der Waals surface area contributed by atoms with Gasteiger partial charge >= 0.3 is 5.97 Å². The molecule has 0 saturated carbocycles. The Morgan fingerprint density at radius 1 is 1.20 bits per heavy atom. The molecule has 0 aromatic heterocycles. The van der Waals surface area contributed by atoms with Crippen molar-refractivity contribution in [2.24, 2.45) is 0 Å². The monoisotopic (exact) mass is 401 g/mol. The fourth-order valence-electron chi connectivity index (χ4n) is 1.65. The molecule has 0 spiro atoms. The van der Waals surface area contributed by atoms with Gasteiger partial charge in [-0.3, -0.25) is 0 Å². The van der Waals surface area contributed by atoms with Crippen LogP contribution in [0.2, 0.25) is 0 Å². The van der Waals surface area contributed by atoms with Gasteiger partial charge < -0.3 is 10.4 Å². The molecule has 104 valence electrons. The van der Waals surface area contributed by atoms with Crippen LogP contribution in [0.15, 0.2) is 45.3 Å². The Morgan fingerprint density at radius 2 is 1.95 bits per heavy atom. The van der Waals surface area contributed by atoms with Gasteiger partial charge in [-0.25, -0.2) is 9.18 Å². The standard InChI is InChI=1S/C14H10Br2FNO2/c15-10-3-4-12(17)13(6-10)18-7-9-2-1-8(14(19)20)5-11(9)16/h1-6,18H,7H2,(H,19,20). The van der Waals surface area contributed by atoms with Crippen molar-refractivity contribution in [3.8, 4) is 0 Å². The van der Waals surface area contributed by atoms with E-state index in [1.54, 1.807) is 18.2 Å². The third-order valence-corrected chi connectivity index (χ3v) is 3.93. The smallest absolute Gasteiger partial charge is 0.335 e. The molecule has 0 unspecified atom stereocenters. The van der Waals surface area contributed by atoms with E-state index >= 15 is 0 Å². The van der Waals surface area contributed by atoms with Crippen LogP contribution in [0, 0.1) is 5.82 Å². The van der Waals surface area contributed by atoms with Crippen LogP contribution in [-0.2, 0) is 6.54 Å². The van der Waals surface area contributed by atoms with Gasteiger partial charge in [0.15, 0.2) is 0 Å². The van der Waals surface area contributed by atoms with Crippen LogP contribution in [0.4, 0.5) is 10.1 Å². The fourth-order valence-corrected chi connectivity index (χ4v) is 2.53. The summed E-state index contributed by atoms with van der Waals surface area (Å²) in [5, 5.41) is 11.9. The molecular formula is C14H10Br2FNO2. The molecule has 2 N–H and O–H groups in total. The molecule has 2 aromatic carbocycles. The normalized spacial score (nSPS) is 10.3. The molecule has 0 aliphatic rings. The molecule has 0 fully saturated rings. The Morgan fingerprint density at radius 3 is 2.60 bits per heavy atom. The summed E-state index contributed by atoms with van der Waals surface area (Å²) in [6.45, 7) is 0.383. The summed E-state index contributed by atoms with van der Waals surface area (Å²) < 4.78 is 15.0. The zero-order valence-electron chi connectivity index (χ0n) is 10.2. The van der Waals surface area contributed by atoms with Crippen molar-refractivity contribution in [3.63, 3.8) is 0 Å². The number of nitrogens with one attached hydrogen (secondary N) is 1. The fraction of sp³-hybridized carbons (Fsp3) is 0.0714. The number of halogens is 3. The topological polar surface area (TPSA) is 49.3 Å². The molecule has 0 aliphatic heterocycles. The Bertz CT molecular complexity index is 662. The van der Waals surface area contributed by atoms with Gasteiger partial charge in [0.05, 0.1) is 11.3 Å². The number of rotatable bonds is 4. The van der Waals surface area contributed by atoms with Crippen molar-refractivity contribution in [1.29, 1.82) is 0 Å². The highest BCUT2D eigenvalue weighted by molar-refractivity contribution is 9.10. The number of anilines is 1. The van der Waals surface area contributed by atoms with Crippen LogP contribution in [0.1, 0.15) is 15.9 Å². The van der Waals surface area contributed by atoms with Crippen LogP contribution in [0.5, 0.6) is 0 Å². The average molecular weight is 403 g/mol. The third-order valence-electron chi connectivity index (χ3n) is 2.70. The summed E-state index contributed by atoms with van der Waals surface area (Å²) in [4.78, 5) is 10.8. The van der Waals surface area contributed by atoms with Gasteiger partial charge in [0.2, 0.25) is 0 Å². The number of hydrogen-bond acceptors (Lipinski definition) is 2. The van der Waals surface area contributed by atoms with E-state index in [-0.39, 0.29) is 11.4 Å². The van der Waals surface area contributed by atoms with Crippen LogP contribution in [0.25, 0.3) is 0 Å². The zero-order valence-corrected chi connectivity index (χ0v) is 13.3. The minimum Gasteiger partial charge on any atom is -0.478 e. The van der Waals surface area contributed by atoms with Crippen molar-refractivity contribution in [3.05, 3.63) is 62.3 Å². The molecule has 2 rings (SSSR count). The van der Waals surface area contributed by atoms with E-state index in [4.69, 9.17) is 5.11 Å². The minimum atomic E-state index is -0.983. The number of hydrogen-bond donors (Lipinski definition) is 2. The Balaban J connectivity index is 2.15. The number of benzene rings is 2. The Kier molecular flexibility index (Phi) is 4.77. The molecule has 0 amide bonds. The van der Waals surface area contributed by atoms with E-state index < -0.39 is 5.97 Å². The molecule has 0 radical (unpaired) electrons. The molecule has 0 atom stereocenters. The highest BCUT2D eigenvalue weighted by Crippen LogP contribution is 2.23. The van der Waals surface area contributed by atoms with Crippen molar-refractivity contribution in [2.45, 2.75) is 6.54 Å². The first-order valence-electron chi connectivity index (χ1n) is 5.68. The molecular weight excluding hydrogens is 393 g/mol. The summed E-state index contributed by atoms with van der Waals surface area (Å²) in [7, 11) is 0. The van der Waals surface area contributed by atoms with E-state index in [1.165, 1.54) is 18.2 Å². The maximum absolute atomic E-state index is 13.6. The van der Waals surface area contributed by atoms with Crippen molar-refractivity contribution < 1.29 is 14.3 Å². The zero-order chi connectivity index (χ0) is 14.7. The molecule has 0 bridgehead atoms. The molecule has 3 nitrogen and oxygen atoms in total. The first-order valence-corrected chi connectivity index (χ1v) is 7.26. The second-order valence-corrected chi connectivity index (χ2v) is 5.86. The van der Waals surface area contributed by atoms with Crippen LogP contribution < -0.4 is 5.32 Å². The van der Waals surface area contributed by atoms with Gasteiger partial charge in [0.25, 0.3) is 0 Å². The maximum atomic E-state index is 13.6. The van der Waals surface area contributed by atoms with E-state index in [1.807, 2.05) is 0 Å². The van der Waals surface area contributed by atoms with E-state index in [0.717, 1.165) is 10.0 Å². The van der Waals surface area contributed by atoms with Gasteiger partial charge in [-0.1, -0.05) is 37.9 Å². The number of aromatic carboxylic acids is 1. The summed E-state index contributed by atoms with van der Waals surface area (Å²) >= 11 is 6.60. The third kappa shape index (κ3) is 3.58. The van der Waals surface area contributed by atoms with Gasteiger partial charge in [0.1, 0.15) is 5.82 Å². The largest absolute Gasteiger partial charge is 0.478 e. The van der Waals surface area contributed by atoms with Gasteiger partial charge in [-0.2, -0.15) is 0 Å². The lowest BCUT2D eigenvalue weighted by Gasteiger charge is -2.10. The first kappa shape index (κ1) is 15.0. The molecule has 0 aliphatic carbocycles. The second-order valence-electron chi connectivity index (χ2n) is 4.09. The molecule has 6 heteroatoms. The average Bonchev–Trinajstić information content (AvgIpc) is 2.40. The molecule has 20 heavy (non-hydrogen) atoms. The van der Waals surface area contributed by atoms with Crippen molar-refractivity contribution in [2.75, 3.05) is 5.32 Å². The Hall–Kier alpha value is -1.40. The molecule has 2 aromatic rings. The first-order chi connectivity index (χ1) is 9.47. The number of carboxylic acid groups (broad SMARTS) is 1. The highest BCUT2D eigenvalue weighted by Gasteiger charge is 2.08. The van der Waals surface area contributed by atoms with Crippen molar-refractivity contribution >= 4 is 43.5 Å². The van der Waals surface area contributed by atoms with Crippen LogP contribution in [0.3, 0.4) is 0 Å². The molecule has 0 heterocycles. The lowest BCUT2D eigenvalue weighted by atomic mass is 10.1. The van der Waals surface area contributed by atoms with Gasteiger partial charge in [-0.15, -0.1) is 0 Å². The second kappa shape index (κ2) is 6.37. The Labute approximate surface area is 132 Å². The summed E-state index contributed by atoms with van der Waals surface area (Å²) in [6, 6.07) is 9.37. The van der Waals surface area contributed by atoms with E-state index in [0.29, 0.717) is 16.7 Å². The van der Waals surface area contributed by atoms with E-state index in [2.05, 4.69) is 37.2 Å². The minimum absolute atomic E-state index is 0.203. The maximum Gasteiger partial charge on any atom is 0.335 e. The highest BCUT2D eigenvalue weighted by atomic mass is 79.9. The van der Waals surface area contributed by atoms with Crippen molar-refractivity contribution in [1.82, 2.24) is 0 Å². The van der Waals surface area contributed by atoms with E-state index in [9.17, 15) is 9.18 Å². The number of carbonyl (C=O) groups is 1. The van der Waals surface area contributed by atoms with Crippen LogP contribution in [-0.4, -0.2) is 11.1 Å². The predicted octanol–water partition coefficient (Wildman–Crippen LogP) is 4.66. The predicted molar refractivity (Wildman–Crippen MR) is 82.5 cm³/mol. The van der Waals surface area contributed by atoms with Gasteiger partial charge in [0, 0.05) is 15.5 Å². The summed E-state index contributed by atoms with van der Waals surface area (Å²) in [5.41, 5.74) is 1.43.